The van der Waals surface area contributed by atoms with Gasteiger partial charge in [0, 0.05) is 17.2 Å². The number of likely N-dealkylation sites (tertiary alicyclic amines) is 1. The minimum Gasteiger partial charge on any atom is -0.308 e. The number of piperidine rings is 1. The van der Waals surface area contributed by atoms with E-state index in [1.807, 2.05) is 7.05 Å². The number of anilines is 2. The number of rotatable bonds is 4. The van der Waals surface area contributed by atoms with Gasteiger partial charge in [0.1, 0.15) is 0 Å². The third kappa shape index (κ3) is 4.51. The minimum atomic E-state index is -1.66. The fourth-order valence-electron chi connectivity index (χ4n) is 3.16. The number of urea groups is 1. The van der Waals surface area contributed by atoms with Crippen LogP contribution >= 0.6 is 0 Å². The molecule has 0 atom stereocenters. The lowest BCUT2D eigenvalue weighted by Gasteiger charge is -2.28. The second-order valence-electron chi connectivity index (χ2n) is 6.82. The molecule has 5 nitrogen and oxygen atoms in total. The molecule has 1 fully saturated rings. The van der Waals surface area contributed by atoms with Crippen LogP contribution in [-0.4, -0.2) is 36.9 Å². The number of benzene rings is 2. The lowest BCUT2D eigenvalue weighted by atomic mass is 9.89. The molecule has 0 unspecified atom stereocenters. The molecule has 3 rings (SSSR count). The van der Waals surface area contributed by atoms with Crippen LogP contribution in [0.1, 0.15) is 23.2 Å². The van der Waals surface area contributed by atoms with E-state index in [0.717, 1.165) is 38.1 Å². The summed E-state index contributed by atoms with van der Waals surface area (Å²) in [5, 5.41) is 4.59. The molecule has 1 aliphatic rings. The maximum absolute atomic E-state index is 13.7. The molecule has 8 heteroatoms. The van der Waals surface area contributed by atoms with Gasteiger partial charge in [0.05, 0.1) is 5.69 Å². The van der Waals surface area contributed by atoms with E-state index < -0.39 is 29.2 Å². The van der Waals surface area contributed by atoms with E-state index >= 15 is 0 Å². The van der Waals surface area contributed by atoms with Gasteiger partial charge in [0.25, 0.3) is 0 Å². The Bertz CT molecular complexity index is 896. The zero-order chi connectivity index (χ0) is 20.3. The topological polar surface area (TPSA) is 61.4 Å². The monoisotopic (exact) mass is 391 g/mol. The van der Waals surface area contributed by atoms with Crippen molar-refractivity contribution in [3.05, 3.63) is 59.4 Å². The first kappa shape index (κ1) is 19.9. The molecule has 1 heterocycles. The minimum absolute atomic E-state index is 0.0174. The predicted molar refractivity (Wildman–Crippen MR) is 100.0 cm³/mol. The highest BCUT2D eigenvalue weighted by atomic mass is 19.2. The molecule has 28 heavy (non-hydrogen) atoms. The molecule has 0 aliphatic carbocycles. The van der Waals surface area contributed by atoms with E-state index in [0.29, 0.717) is 11.3 Å². The van der Waals surface area contributed by atoms with Crippen LogP contribution in [0.3, 0.4) is 0 Å². The Balaban J connectivity index is 1.66. The Morgan fingerprint density at radius 1 is 1.00 bits per heavy atom. The average molecular weight is 391 g/mol. The molecule has 0 radical (unpaired) electrons. The molecule has 0 aromatic heterocycles. The Kier molecular flexibility index (Phi) is 5.99. The number of nitrogens with zero attached hydrogens (tertiary/aromatic N) is 1. The van der Waals surface area contributed by atoms with Crippen LogP contribution in [0.15, 0.2) is 36.4 Å². The van der Waals surface area contributed by atoms with Gasteiger partial charge in [0.15, 0.2) is 23.2 Å². The molecule has 2 aromatic rings. The normalized spacial score (nSPS) is 15.3. The number of nitrogens with one attached hydrogen (secondary N) is 2. The summed E-state index contributed by atoms with van der Waals surface area (Å²) in [6.07, 6.45) is 1.56. The molecule has 2 amide bonds. The highest BCUT2D eigenvalue weighted by Crippen LogP contribution is 2.23. The molecule has 0 saturated carbocycles. The Morgan fingerprint density at radius 2 is 1.71 bits per heavy atom. The second kappa shape index (κ2) is 8.43. The first-order valence-electron chi connectivity index (χ1n) is 8.89. The van der Waals surface area contributed by atoms with Crippen molar-refractivity contribution in [3.8, 4) is 0 Å². The summed E-state index contributed by atoms with van der Waals surface area (Å²) < 4.78 is 39.9. The molecular weight excluding hydrogens is 371 g/mol. The molecular formula is C20H20F3N3O2. The highest BCUT2D eigenvalue weighted by molar-refractivity contribution is 6.02. The van der Waals surface area contributed by atoms with Crippen LogP contribution in [0.2, 0.25) is 0 Å². The first-order chi connectivity index (χ1) is 13.3. The largest absolute Gasteiger partial charge is 0.323 e. The Hall–Kier alpha value is -2.87. The summed E-state index contributed by atoms with van der Waals surface area (Å²) >= 11 is 0. The van der Waals surface area contributed by atoms with Crippen LogP contribution in [0.25, 0.3) is 0 Å². The van der Waals surface area contributed by atoms with Crippen molar-refractivity contribution in [1.82, 2.24) is 4.90 Å². The fourth-order valence-corrected chi connectivity index (χ4v) is 3.16. The summed E-state index contributed by atoms with van der Waals surface area (Å²) in [5.74, 6) is -4.53. The van der Waals surface area contributed by atoms with Crippen molar-refractivity contribution in [1.29, 1.82) is 0 Å². The van der Waals surface area contributed by atoms with Gasteiger partial charge in [-0.05, 0) is 57.2 Å². The molecule has 148 valence electrons. The number of Topliss-reactive ketones (excluding diaryl/α,β-unsaturated/α-hetero) is 1. The molecule has 0 spiro atoms. The van der Waals surface area contributed by atoms with E-state index in [1.54, 1.807) is 24.3 Å². The number of halogens is 3. The van der Waals surface area contributed by atoms with Gasteiger partial charge in [-0.1, -0.05) is 12.1 Å². The van der Waals surface area contributed by atoms with Crippen LogP contribution in [-0.2, 0) is 0 Å². The van der Waals surface area contributed by atoms with Crippen molar-refractivity contribution < 1.29 is 22.8 Å². The summed E-state index contributed by atoms with van der Waals surface area (Å²) in [4.78, 5) is 26.9. The molecule has 1 saturated heterocycles. The number of carbonyl (C=O) groups excluding carboxylic acids is 2. The standard InChI is InChI=1S/C20H20F3N3O2/c1-26-9-7-12(8-10-26)19(27)13-3-2-4-14(11-13)24-20(28)25-16-6-5-15(21)17(22)18(16)23/h2-6,11-12H,7-10H2,1H3,(H2,24,25,28). The maximum atomic E-state index is 13.7. The smallest absolute Gasteiger partial charge is 0.308 e. The third-order valence-electron chi connectivity index (χ3n) is 4.78. The first-order valence-corrected chi connectivity index (χ1v) is 8.89. The van der Waals surface area contributed by atoms with E-state index in [4.69, 9.17) is 0 Å². The van der Waals surface area contributed by atoms with Crippen LogP contribution < -0.4 is 10.6 Å². The van der Waals surface area contributed by atoms with Gasteiger partial charge in [-0.2, -0.15) is 0 Å². The number of hydrogen-bond acceptors (Lipinski definition) is 3. The molecule has 2 N–H and O–H groups in total. The van der Waals surface area contributed by atoms with Crippen molar-refractivity contribution in [2.45, 2.75) is 12.8 Å². The van der Waals surface area contributed by atoms with Crippen LogP contribution in [0.4, 0.5) is 29.3 Å². The quantitative estimate of drug-likeness (QED) is 0.604. The Labute approximate surface area is 160 Å². The molecule has 0 bridgehead atoms. The summed E-state index contributed by atoms with van der Waals surface area (Å²) in [6, 6.07) is 7.24. The highest BCUT2D eigenvalue weighted by Gasteiger charge is 2.24. The van der Waals surface area contributed by atoms with Crippen molar-refractivity contribution in [2.75, 3.05) is 30.8 Å². The second-order valence-corrected chi connectivity index (χ2v) is 6.82. The van der Waals surface area contributed by atoms with E-state index in [9.17, 15) is 22.8 Å². The zero-order valence-corrected chi connectivity index (χ0v) is 15.3. The maximum Gasteiger partial charge on any atom is 0.323 e. The molecule has 2 aromatic carbocycles. The van der Waals surface area contributed by atoms with Crippen molar-refractivity contribution in [2.24, 2.45) is 5.92 Å². The lowest BCUT2D eigenvalue weighted by Crippen LogP contribution is -2.33. The summed E-state index contributed by atoms with van der Waals surface area (Å²) in [7, 11) is 2.01. The molecule has 1 aliphatic heterocycles. The van der Waals surface area contributed by atoms with Gasteiger partial charge in [-0.25, -0.2) is 18.0 Å². The van der Waals surface area contributed by atoms with Gasteiger partial charge < -0.3 is 15.5 Å². The summed E-state index contributed by atoms with van der Waals surface area (Å²) in [5.41, 5.74) is 0.320. The zero-order valence-electron chi connectivity index (χ0n) is 15.3. The van der Waals surface area contributed by atoms with E-state index in [-0.39, 0.29) is 11.7 Å². The Morgan fingerprint density at radius 3 is 2.43 bits per heavy atom. The summed E-state index contributed by atoms with van der Waals surface area (Å²) in [6.45, 7) is 1.72. The number of ketones is 1. The predicted octanol–water partition coefficient (Wildman–Crippen LogP) is 4.27. The van der Waals surface area contributed by atoms with E-state index in [1.165, 1.54) is 0 Å². The van der Waals surface area contributed by atoms with Crippen molar-refractivity contribution >= 4 is 23.2 Å². The third-order valence-corrected chi connectivity index (χ3v) is 4.78. The number of amides is 2. The van der Waals surface area contributed by atoms with Gasteiger partial charge >= 0.3 is 6.03 Å². The van der Waals surface area contributed by atoms with Crippen molar-refractivity contribution in [3.63, 3.8) is 0 Å². The van der Waals surface area contributed by atoms with Crippen LogP contribution in [0.5, 0.6) is 0 Å². The number of hydrogen-bond donors (Lipinski definition) is 2. The van der Waals surface area contributed by atoms with Gasteiger partial charge in [-0.15, -0.1) is 0 Å². The SMILES string of the molecule is CN1CCC(C(=O)c2cccc(NC(=O)Nc3ccc(F)c(F)c3F)c2)CC1. The van der Waals surface area contributed by atoms with E-state index in [2.05, 4.69) is 15.5 Å². The fraction of sp³-hybridized carbons (Fsp3) is 0.300. The van der Waals surface area contributed by atoms with Gasteiger partial charge in [-0.3, -0.25) is 4.79 Å². The average Bonchev–Trinajstić information content (AvgIpc) is 2.69. The number of carbonyl (C=O) groups is 2. The van der Waals surface area contributed by atoms with Gasteiger partial charge in [0.2, 0.25) is 0 Å². The van der Waals surface area contributed by atoms with Crippen LogP contribution in [0, 0.1) is 23.4 Å². The lowest BCUT2D eigenvalue weighted by molar-refractivity contribution is 0.0857.